The summed E-state index contributed by atoms with van der Waals surface area (Å²) in [7, 11) is -3.50. The molecular formula is C18H26N2O3S. The van der Waals surface area contributed by atoms with Gasteiger partial charge in [-0.25, -0.2) is 8.42 Å². The first-order chi connectivity index (χ1) is 11.1. The standard InChI is InChI=1S/C18H26N2O3S/c1-12-7-13(2)11-20(10-12)24(22,23)14-5-6-16-15(8-14)18(3,4)9-17(21)19-16/h5-6,8,12-13H,7,9-11H2,1-4H3,(H,19,21)/t12-,13-/m0/s1. The summed E-state index contributed by atoms with van der Waals surface area (Å²) in [5, 5.41) is 2.84. The Morgan fingerprint density at radius 3 is 2.42 bits per heavy atom. The van der Waals surface area contributed by atoms with Gasteiger partial charge in [0.1, 0.15) is 0 Å². The average molecular weight is 350 g/mol. The fourth-order valence-corrected chi connectivity index (χ4v) is 5.70. The van der Waals surface area contributed by atoms with Crippen molar-refractivity contribution in [2.45, 2.75) is 50.8 Å². The van der Waals surface area contributed by atoms with Gasteiger partial charge in [0.2, 0.25) is 15.9 Å². The Hall–Kier alpha value is -1.40. The molecule has 3 rings (SSSR count). The van der Waals surface area contributed by atoms with Gasteiger partial charge in [0.05, 0.1) is 4.90 Å². The third kappa shape index (κ3) is 3.09. The lowest BCUT2D eigenvalue weighted by atomic mass is 9.78. The largest absolute Gasteiger partial charge is 0.326 e. The molecule has 2 heterocycles. The monoisotopic (exact) mass is 350 g/mol. The van der Waals surface area contributed by atoms with Crippen LogP contribution in [-0.4, -0.2) is 31.7 Å². The number of benzene rings is 1. The zero-order chi connectivity index (χ0) is 17.7. The lowest BCUT2D eigenvalue weighted by Gasteiger charge is -2.35. The molecule has 24 heavy (non-hydrogen) atoms. The van der Waals surface area contributed by atoms with Crippen molar-refractivity contribution in [3.8, 4) is 0 Å². The lowest BCUT2D eigenvalue weighted by Crippen LogP contribution is -2.42. The van der Waals surface area contributed by atoms with Crippen LogP contribution in [0.3, 0.4) is 0 Å². The van der Waals surface area contributed by atoms with E-state index in [0.29, 0.717) is 36.2 Å². The van der Waals surface area contributed by atoms with Crippen molar-refractivity contribution in [3.63, 3.8) is 0 Å². The van der Waals surface area contributed by atoms with E-state index in [4.69, 9.17) is 0 Å². The summed E-state index contributed by atoms with van der Waals surface area (Å²) in [6, 6.07) is 5.08. The quantitative estimate of drug-likeness (QED) is 0.892. The van der Waals surface area contributed by atoms with E-state index < -0.39 is 10.0 Å². The minimum absolute atomic E-state index is 0.0261. The first kappa shape index (κ1) is 17.4. The number of hydrogen-bond acceptors (Lipinski definition) is 3. The van der Waals surface area contributed by atoms with Crippen LogP contribution in [0.1, 0.15) is 46.1 Å². The molecule has 132 valence electrons. The molecule has 5 nitrogen and oxygen atoms in total. The number of anilines is 1. The van der Waals surface area contributed by atoms with E-state index in [2.05, 4.69) is 19.2 Å². The van der Waals surface area contributed by atoms with Gasteiger partial charge >= 0.3 is 0 Å². The van der Waals surface area contributed by atoms with Crippen molar-refractivity contribution in [2.75, 3.05) is 18.4 Å². The highest BCUT2D eigenvalue weighted by molar-refractivity contribution is 7.89. The highest BCUT2D eigenvalue weighted by Crippen LogP contribution is 2.39. The van der Waals surface area contributed by atoms with Crippen LogP contribution in [0, 0.1) is 11.8 Å². The number of carbonyl (C=O) groups excluding carboxylic acids is 1. The number of rotatable bonds is 2. The topological polar surface area (TPSA) is 66.5 Å². The molecule has 0 aromatic heterocycles. The van der Waals surface area contributed by atoms with Crippen molar-refractivity contribution < 1.29 is 13.2 Å². The van der Waals surface area contributed by atoms with Gasteiger partial charge in [0, 0.05) is 30.6 Å². The van der Waals surface area contributed by atoms with Crippen molar-refractivity contribution >= 4 is 21.6 Å². The van der Waals surface area contributed by atoms with Crippen LogP contribution in [0.4, 0.5) is 5.69 Å². The van der Waals surface area contributed by atoms with Crippen LogP contribution < -0.4 is 5.32 Å². The highest BCUT2D eigenvalue weighted by Gasteiger charge is 2.35. The third-order valence-electron chi connectivity index (χ3n) is 5.07. The van der Waals surface area contributed by atoms with Gasteiger partial charge in [-0.05, 0) is 42.0 Å². The molecule has 0 spiro atoms. The van der Waals surface area contributed by atoms with Gasteiger partial charge in [-0.15, -0.1) is 0 Å². The predicted octanol–water partition coefficient (Wildman–Crippen LogP) is 2.97. The molecule has 0 saturated carbocycles. The van der Waals surface area contributed by atoms with Gasteiger partial charge in [-0.1, -0.05) is 27.7 Å². The Morgan fingerprint density at radius 2 is 1.79 bits per heavy atom. The maximum atomic E-state index is 13.1. The molecule has 1 N–H and O–H groups in total. The summed E-state index contributed by atoms with van der Waals surface area (Å²) in [5.74, 6) is 0.718. The fraction of sp³-hybridized carbons (Fsp3) is 0.611. The molecule has 0 aliphatic carbocycles. The number of sulfonamides is 1. The minimum atomic E-state index is -3.50. The summed E-state index contributed by atoms with van der Waals surface area (Å²) in [4.78, 5) is 12.1. The van der Waals surface area contributed by atoms with E-state index in [1.807, 2.05) is 13.8 Å². The summed E-state index contributed by atoms with van der Waals surface area (Å²) in [6.45, 7) is 9.30. The Kier molecular flexibility index (Phi) is 4.24. The number of nitrogens with one attached hydrogen (secondary N) is 1. The van der Waals surface area contributed by atoms with Crippen LogP contribution in [0.15, 0.2) is 23.1 Å². The van der Waals surface area contributed by atoms with Gasteiger partial charge in [-0.3, -0.25) is 4.79 Å². The van der Waals surface area contributed by atoms with Crippen molar-refractivity contribution in [3.05, 3.63) is 23.8 Å². The summed E-state index contributed by atoms with van der Waals surface area (Å²) in [5.41, 5.74) is 1.24. The van der Waals surface area contributed by atoms with E-state index in [9.17, 15) is 13.2 Å². The van der Waals surface area contributed by atoms with E-state index in [1.54, 1.807) is 22.5 Å². The van der Waals surface area contributed by atoms with Crippen molar-refractivity contribution in [2.24, 2.45) is 11.8 Å². The van der Waals surface area contributed by atoms with Crippen molar-refractivity contribution in [1.82, 2.24) is 4.31 Å². The van der Waals surface area contributed by atoms with Gasteiger partial charge in [0.25, 0.3) is 0 Å². The summed E-state index contributed by atoms with van der Waals surface area (Å²) in [6.07, 6.45) is 1.43. The van der Waals surface area contributed by atoms with Gasteiger partial charge < -0.3 is 5.32 Å². The molecular weight excluding hydrogens is 324 g/mol. The second-order valence-corrected chi connectivity index (χ2v) is 10.0. The van der Waals surface area contributed by atoms with Crippen molar-refractivity contribution in [1.29, 1.82) is 0 Å². The second kappa shape index (κ2) is 5.85. The van der Waals surface area contributed by atoms with Gasteiger partial charge in [-0.2, -0.15) is 4.31 Å². The molecule has 1 saturated heterocycles. The molecule has 0 bridgehead atoms. The normalized spacial score (nSPS) is 27.4. The Morgan fingerprint density at radius 1 is 1.17 bits per heavy atom. The predicted molar refractivity (Wildman–Crippen MR) is 94.4 cm³/mol. The molecule has 6 heteroatoms. The number of hydrogen-bond donors (Lipinski definition) is 1. The Balaban J connectivity index is 1.99. The van der Waals surface area contributed by atoms with Crippen LogP contribution in [0.2, 0.25) is 0 Å². The SMILES string of the molecule is C[C@H]1C[C@H](C)CN(S(=O)(=O)c2ccc3c(c2)C(C)(C)CC(=O)N3)C1. The molecule has 1 aromatic carbocycles. The molecule has 1 amide bonds. The molecule has 2 aliphatic heterocycles. The molecule has 2 atom stereocenters. The number of amides is 1. The van der Waals surface area contributed by atoms with E-state index in [1.165, 1.54) is 0 Å². The zero-order valence-electron chi connectivity index (χ0n) is 14.8. The molecule has 1 fully saturated rings. The summed E-state index contributed by atoms with van der Waals surface area (Å²) >= 11 is 0. The van der Waals surface area contributed by atoms with E-state index in [0.717, 1.165) is 17.7 Å². The molecule has 1 aromatic rings. The number of piperidine rings is 1. The van der Waals surface area contributed by atoms with Crippen LogP contribution >= 0.6 is 0 Å². The first-order valence-corrected chi connectivity index (χ1v) is 9.98. The van der Waals surface area contributed by atoms with Crippen LogP contribution in [-0.2, 0) is 20.2 Å². The first-order valence-electron chi connectivity index (χ1n) is 8.54. The van der Waals surface area contributed by atoms with Crippen LogP contribution in [0.5, 0.6) is 0 Å². The lowest BCUT2D eigenvalue weighted by molar-refractivity contribution is -0.117. The minimum Gasteiger partial charge on any atom is -0.326 e. The number of nitrogens with zero attached hydrogens (tertiary/aromatic N) is 1. The summed E-state index contributed by atoms with van der Waals surface area (Å²) < 4.78 is 27.8. The molecule has 2 aliphatic rings. The average Bonchev–Trinajstić information content (AvgIpc) is 2.44. The smallest absolute Gasteiger partial charge is 0.243 e. The Bertz CT molecular complexity index is 760. The van der Waals surface area contributed by atoms with Gasteiger partial charge in [0.15, 0.2) is 0 Å². The van der Waals surface area contributed by atoms with Crippen LogP contribution in [0.25, 0.3) is 0 Å². The second-order valence-electron chi connectivity index (χ2n) is 8.08. The maximum absolute atomic E-state index is 13.1. The van der Waals surface area contributed by atoms with E-state index in [-0.39, 0.29) is 11.3 Å². The zero-order valence-corrected chi connectivity index (χ0v) is 15.6. The van der Waals surface area contributed by atoms with E-state index >= 15 is 0 Å². The molecule has 0 unspecified atom stereocenters. The maximum Gasteiger partial charge on any atom is 0.243 e. The number of fused-ring (bicyclic) bond motifs is 1. The Labute approximate surface area is 144 Å². The third-order valence-corrected chi connectivity index (χ3v) is 6.90. The fourth-order valence-electron chi connectivity index (χ4n) is 3.99. The molecule has 0 radical (unpaired) electrons. The number of carbonyl (C=O) groups is 1. The highest BCUT2D eigenvalue weighted by atomic mass is 32.2.